The molecule has 1 fully saturated rings. The van der Waals surface area contributed by atoms with Crippen molar-refractivity contribution < 1.29 is 9.90 Å². The Hall–Kier alpha value is -1.92. The van der Waals surface area contributed by atoms with E-state index < -0.39 is 5.60 Å². The molecule has 6 nitrogen and oxygen atoms in total. The van der Waals surface area contributed by atoms with E-state index in [9.17, 15) is 9.90 Å². The van der Waals surface area contributed by atoms with E-state index >= 15 is 0 Å². The summed E-state index contributed by atoms with van der Waals surface area (Å²) in [7, 11) is 0. The van der Waals surface area contributed by atoms with Gasteiger partial charge in [-0.15, -0.1) is 5.10 Å². The van der Waals surface area contributed by atoms with E-state index in [0.717, 1.165) is 19.3 Å². The molecule has 0 atom stereocenters. The van der Waals surface area contributed by atoms with Gasteiger partial charge in [0.2, 0.25) is 0 Å². The summed E-state index contributed by atoms with van der Waals surface area (Å²) in [6.45, 7) is 1.97. The van der Waals surface area contributed by atoms with Gasteiger partial charge in [-0.05, 0) is 44.4 Å². The highest BCUT2D eigenvalue weighted by molar-refractivity contribution is 6.30. The van der Waals surface area contributed by atoms with Crippen molar-refractivity contribution in [2.45, 2.75) is 31.8 Å². The number of carbonyl (C=O) groups is 1. The van der Waals surface area contributed by atoms with Crippen LogP contribution in [0.5, 0.6) is 0 Å². The molecule has 0 radical (unpaired) electrons. The summed E-state index contributed by atoms with van der Waals surface area (Å²) < 4.78 is 0. The number of hydrogen-bond acceptors (Lipinski definition) is 4. The molecule has 0 bridgehead atoms. The predicted octanol–water partition coefficient (Wildman–Crippen LogP) is 1.87. The third-order valence-corrected chi connectivity index (χ3v) is 4.13. The Balaban J connectivity index is 1.75. The standard InChI is InChI=1S/C15H17ClN4O2/c1-10-13(14(21)17-9-15(22)6-3-7-15)19-20(18-10)12-5-2-4-11(16)8-12/h2,4-5,8,22H,3,6-7,9H2,1H3,(H,17,21). The van der Waals surface area contributed by atoms with E-state index in [0.29, 0.717) is 16.4 Å². The van der Waals surface area contributed by atoms with Crippen LogP contribution >= 0.6 is 11.6 Å². The summed E-state index contributed by atoms with van der Waals surface area (Å²) in [5.41, 5.74) is 0.709. The second-order valence-electron chi connectivity index (χ2n) is 5.66. The Bertz CT molecular complexity index is 709. The SMILES string of the molecule is Cc1nn(-c2cccc(Cl)c2)nc1C(=O)NCC1(O)CCC1. The predicted molar refractivity (Wildman–Crippen MR) is 82.2 cm³/mol. The van der Waals surface area contributed by atoms with E-state index in [1.54, 1.807) is 25.1 Å². The van der Waals surface area contributed by atoms with Crippen molar-refractivity contribution in [3.63, 3.8) is 0 Å². The number of rotatable bonds is 4. The number of amides is 1. The minimum Gasteiger partial charge on any atom is -0.388 e. The van der Waals surface area contributed by atoms with Crippen molar-refractivity contribution in [3.8, 4) is 5.69 Å². The van der Waals surface area contributed by atoms with Gasteiger partial charge in [0.1, 0.15) is 0 Å². The van der Waals surface area contributed by atoms with Crippen molar-refractivity contribution in [1.29, 1.82) is 0 Å². The normalized spacial score (nSPS) is 16.1. The number of nitrogens with one attached hydrogen (secondary N) is 1. The zero-order valence-corrected chi connectivity index (χ0v) is 13.0. The number of aliphatic hydroxyl groups is 1. The molecule has 22 heavy (non-hydrogen) atoms. The van der Waals surface area contributed by atoms with Crippen molar-refractivity contribution >= 4 is 17.5 Å². The maximum absolute atomic E-state index is 12.2. The van der Waals surface area contributed by atoms with Crippen molar-refractivity contribution in [3.05, 3.63) is 40.7 Å². The van der Waals surface area contributed by atoms with Crippen LogP contribution in [-0.2, 0) is 0 Å². The number of carbonyl (C=O) groups excluding carboxylic acids is 1. The van der Waals surface area contributed by atoms with E-state index in [4.69, 9.17) is 11.6 Å². The van der Waals surface area contributed by atoms with Gasteiger partial charge >= 0.3 is 0 Å². The topological polar surface area (TPSA) is 80.0 Å². The fourth-order valence-corrected chi connectivity index (χ4v) is 2.58. The summed E-state index contributed by atoms with van der Waals surface area (Å²) in [5.74, 6) is -0.328. The third kappa shape index (κ3) is 2.98. The Labute approximate surface area is 133 Å². The molecule has 116 valence electrons. The highest BCUT2D eigenvalue weighted by Crippen LogP contribution is 2.30. The summed E-state index contributed by atoms with van der Waals surface area (Å²) >= 11 is 5.95. The number of aryl methyl sites for hydroxylation is 1. The number of benzene rings is 1. The van der Waals surface area contributed by atoms with Crippen LogP contribution in [0.15, 0.2) is 24.3 Å². The Kier molecular flexibility index (Phi) is 3.88. The molecule has 1 aromatic carbocycles. The molecule has 0 aliphatic heterocycles. The van der Waals surface area contributed by atoms with Gasteiger partial charge in [0.25, 0.3) is 5.91 Å². The van der Waals surface area contributed by atoms with Crippen LogP contribution in [0.25, 0.3) is 5.69 Å². The number of halogens is 1. The molecule has 2 aromatic rings. The zero-order chi connectivity index (χ0) is 15.7. The maximum atomic E-state index is 12.2. The first-order chi connectivity index (χ1) is 10.5. The Morgan fingerprint density at radius 1 is 1.45 bits per heavy atom. The molecule has 1 heterocycles. The van der Waals surface area contributed by atoms with E-state index in [2.05, 4.69) is 15.5 Å². The smallest absolute Gasteiger partial charge is 0.273 e. The lowest BCUT2D eigenvalue weighted by molar-refractivity contribution is -0.0300. The third-order valence-electron chi connectivity index (χ3n) is 3.90. The highest BCUT2D eigenvalue weighted by atomic mass is 35.5. The molecule has 1 aliphatic rings. The van der Waals surface area contributed by atoms with E-state index in [1.807, 2.05) is 6.07 Å². The number of aromatic nitrogens is 3. The molecule has 0 saturated heterocycles. The minimum absolute atomic E-state index is 0.245. The van der Waals surface area contributed by atoms with Crippen LogP contribution in [0.2, 0.25) is 5.02 Å². The van der Waals surface area contributed by atoms with Crippen LogP contribution in [0.3, 0.4) is 0 Å². The molecule has 1 aliphatic carbocycles. The highest BCUT2D eigenvalue weighted by Gasteiger charge is 2.34. The van der Waals surface area contributed by atoms with Crippen LogP contribution in [-0.4, -0.2) is 38.2 Å². The van der Waals surface area contributed by atoms with Gasteiger partial charge < -0.3 is 10.4 Å². The van der Waals surface area contributed by atoms with Crippen LogP contribution in [0.1, 0.15) is 35.4 Å². The minimum atomic E-state index is -0.757. The fourth-order valence-electron chi connectivity index (χ4n) is 2.39. The lowest BCUT2D eigenvalue weighted by atomic mass is 9.80. The summed E-state index contributed by atoms with van der Waals surface area (Å²) in [4.78, 5) is 13.6. The summed E-state index contributed by atoms with van der Waals surface area (Å²) in [6, 6.07) is 7.08. The molecular formula is C15H17ClN4O2. The Morgan fingerprint density at radius 2 is 2.23 bits per heavy atom. The van der Waals surface area contributed by atoms with Crippen molar-refractivity contribution in [2.75, 3.05) is 6.54 Å². The first-order valence-electron chi connectivity index (χ1n) is 7.17. The molecule has 1 aromatic heterocycles. The van der Waals surface area contributed by atoms with E-state index in [1.165, 1.54) is 4.80 Å². The lowest BCUT2D eigenvalue weighted by Gasteiger charge is -2.36. The molecule has 0 unspecified atom stereocenters. The largest absolute Gasteiger partial charge is 0.388 e. The maximum Gasteiger partial charge on any atom is 0.273 e. The zero-order valence-electron chi connectivity index (χ0n) is 12.2. The number of nitrogens with zero attached hydrogens (tertiary/aromatic N) is 3. The number of hydrogen-bond donors (Lipinski definition) is 2. The van der Waals surface area contributed by atoms with Crippen molar-refractivity contribution in [2.24, 2.45) is 0 Å². The molecule has 7 heteroatoms. The Morgan fingerprint density at radius 3 is 2.86 bits per heavy atom. The average Bonchev–Trinajstić information content (AvgIpc) is 2.85. The summed E-state index contributed by atoms with van der Waals surface area (Å²) in [5, 5.41) is 21.8. The quantitative estimate of drug-likeness (QED) is 0.901. The van der Waals surface area contributed by atoms with Crippen LogP contribution in [0, 0.1) is 6.92 Å². The van der Waals surface area contributed by atoms with Gasteiger partial charge in [-0.3, -0.25) is 4.79 Å². The van der Waals surface area contributed by atoms with Gasteiger partial charge in [0.05, 0.1) is 17.0 Å². The first kappa shape index (κ1) is 15.0. The van der Waals surface area contributed by atoms with Crippen LogP contribution < -0.4 is 5.32 Å². The molecule has 3 rings (SSSR count). The molecule has 1 saturated carbocycles. The summed E-state index contributed by atoms with van der Waals surface area (Å²) in [6.07, 6.45) is 2.44. The average molecular weight is 321 g/mol. The fraction of sp³-hybridized carbons (Fsp3) is 0.400. The lowest BCUT2D eigenvalue weighted by Crippen LogP contribution is -2.47. The van der Waals surface area contributed by atoms with Gasteiger partial charge in [-0.25, -0.2) is 0 Å². The molecule has 0 spiro atoms. The molecule has 2 N–H and O–H groups in total. The second kappa shape index (κ2) is 5.70. The molecular weight excluding hydrogens is 304 g/mol. The van der Waals surface area contributed by atoms with Crippen LogP contribution in [0.4, 0.5) is 0 Å². The monoisotopic (exact) mass is 320 g/mol. The van der Waals surface area contributed by atoms with Crippen molar-refractivity contribution in [1.82, 2.24) is 20.3 Å². The van der Waals surface area contributed by atoms with Gasteiger partial charge in [-0.2, -0.15) is 9.90 Å². The first-order valence-corrected chi connectivity index (χ1v) is 7.55. The molecule has 1 amide bonds. The van der Waals surface area contributed by atoms with E-state index in [-0.39, 0.29) is 18.1 Å². The van der Waals surface area contributed by atoms with Gasteiger partial charge in [-0.1, -0.05) is 17.7 Å². The second-order valence-corrected chi connectivity index (χ2v) is 6.10. The van der Waals surface area contributed by atoms with Gasteiger partial charge in [0, 0.05) is 11.6 Å². The van der Waals surface area contributed by atoms with Gasteiger partial charge in [0.15, 0.2) is 5.69 Å².